The van der Waals surface area contributed by atoms with Crippen molar-refractivity contribution in [2.45, 2.75) is 20.1 Å². The number of aromatic amines is 1. The van der Waals surface area contributed by atoms with E-state index in [4.69, 9.17) is 15.8 Å². The maximum Gasteiger partial charge on any atom is 0.440 e. The third-order valence-electron chi connectivity index (χ3n) is 7.75. The molecular weight excluding hydrogens is 572 g/mol. The second-order valence-electron chi connectivity index (χ2n) is 10.8. The number of amides is 1. The van der Waals surface area contributed by atoms with E-state index in [0.29, 0.717) is 49.8 Å². The second-order valence-corrected chi connectivity index (χ2v) is 10.8. The summed E-state index contributed by atoms with van der Waals surface area (Å²) in [6, 6.07) is 24.8. The minimum atomic E-state index is -0.785. The van der Waals surface area contributed by atoms with E-state index in [-0.39, 0.29) is 12.5 Å². The molecule has 0 radical (unpaired) electrons. The van der Waals surface area contributed by atoms with Gasteiger partial charge in [0.2, 0.25) is 5.69 Å². The Labute approximate surface area is 258 Å². The number of anilines is 1. The highest BCUT2D eigenvalue weighted by Gasteiger charge is 2.23. The topological polar surface area (TPSA) is 118 Å². The number of carbonyl (C=O) groups is 1. The van der Waals surface area contributed by atoms with Crippen LogP contribution in [0.5, 0.6) is 5.75 Å². The molecule has 1 fully saturated rings. The highest BCUT2D eigenvalue weighted by atomic mass is 16.5. The van der Waals surface area contributed by atoms with E-state index in [0.717, 1.165) is 38.4 Å². The molecule has 6 rings (SSSR count). The lowest BCUT2D eigenvalue weighted by Crippen LogP contribution is -2.49. The van der Waals surface area contributed by atoms with Gasteiger partial charge in [0, 0.05) is 37.9 Å². The zero-order valence-corrected chi connectivity index (χ0v) is 24.6. The summed E-state index contributed by atoms with van der Waals surface area (Å²) < 4.78 is 11.8. The zero-order chi connectivity index (χ0) is 31.3. The number of nitrogens with zero attached hydrogens (tertiary/aromatic N) is 5. The van der Waals surface area contributed by atoms with Crippen LogP contribution in [-0.4, -0.2) is 51.7 Å². The van der Waals surface area contributed by atoms with E-state index >= 15 is 0 Å². The monoisotopic (exact) mass is 602 g/mol. The Balaban J connectivity index is 1.06. The fraction of sp³-hybridized carbons (Fsp3) is 0.206. The van der Waals surface area contributed by atoms with Gasteiger partial charge in [-0.15, -0.1) is 4.74 Å². The van der Waals surface area contributed by atoms with Crippen molar-refractivity contribution < 1.29 is 14.1 Å². The van der Waals surface area contributed by atoms with Crippen LogP contribution < -0.4 is 21.1 Å². The number of ether oxygens (including phenoxy) is 1. The number of hydrogen-bond donors (Lipinski definition) is 1. The van der Waals surface area contributed by atoms with E-state index in [1.807, 2.05) is 66.4 Å². The van der Waals surface area contributed by atoms with Crippen LogP contribution >= 0.6 is 0 Å². The highest BCUT2D eigenvalue weighted by Crippen LogP contribution is 2.27. The molecule has 45 heavy (non-hydrogen) atoms. The number of nitrogens with one attached hydrogen (secondary N) is 1. The number of pyridine rings is 1. The van der Waals surface area contributed by atoms with Crippen LogP contribution in [0.2, 0.25) is 0 Å². The average Bonchev–Trinajstić information content (AvgIpc) is 3.39. The molecule has 1 aliphatic rings. The molecule has 3 aromatic carbocycles. The quantitative estimate of drug-likeness (QED) is 0.257. The number of piperazine rings is 1. The third kappa shape index (κ3) is 6.70. The number of rotatable bonds is 8. The van der Waals surface area contributed by atoms with Gasteiger partial charge in [-0.1, -0.05) is 42.5 Å². The van der Waals surface area contributed by atoms with E-state index in [1.165, 1.54) is 0 Å². The molecule has 0 bridgehead atoms. The van der Waals surface area contributed by atoms with Crippen molar-refractivity contribution in [2.24, 2.45) is 0 Å². The second kappa shape index (κ2) is 12.8. The predicted octanol–water partition coefficient (Wildman–Crippen LogP) is 4.64. The minimum Gasteiger partial charge on any atom is -0.489 e. The first-order valence-electron chi connectivity index (χ1n) is 14.5. The van der Waals surface area contributed by atoms with Crippen LogP contribution in [0.1, 0.15) is 27.0 Å². The number of hydrogen-bond acceptors (Lipinski definition) is 7. The first-order chi connectivity index (χ1) is 21.9. The highest BCUT2D eigenvalue weighted by molar-refractivity contribution is 5.95. The van der Waals surface area contributed by atoms with Crippen LogP contribution in [0, 0.1) is 13.5 Å². The molecular formula is C34H30N6O5. The molecule has 11 nitrogen and oxygen atoms in total. The first-order valence-corrected chi connectivity index (χ1v) is 14.5. The largest absolute Gasteiger partial charge is 0.489 e. The lowest BCUT2D eigenvalue weighted by Gasteiger charge is -2.35. The summed E-state index contributed by atoms with van der Waals surface area (Å²) in [5, 5.41) is 0. The smallest absolute Gasteiger partial charge is 0.440 e. The molecule has 0 saturated carbocycles. The molecule has 5 aromatic rings. The van der Waals surface area contributed by atoms with Gasteiger partial charge >= 0.3 is 11.4 Å². The number of aryl methyl sites for hydroxylation is 1. The van der Waals surface area contributed by atoms with Crippen LogP contribution in [0.3, 0.4) is 0 Å². The van der Waals surface area contributed by atoms with Gasteiger partial charge in [0.05, 0.1) is 13.1 Å². The minimum absolute atomic E-state index is 0.0125. The molecule has 1 amide bonds. The fourth-order valence-corrected chi connectivity index (χ4v) is 5.34. The van der Waals surface area contributed by atoms with Gasteiger partial charge in [-0.05, 0) is 71.1 Å². The van der Waals surface area contributed by atoms with Gasteiger partial charge in [-0.25, -0.2) is 19.4 Å². The molecule has 1 saturated heterocycles. The average molecular weight is 603 g/mol. The molecule has 0 atom stereocenters. The molecule has 1 aliphatic heterocycles. The summed E-state index contributed by atoms with van der Waals surface area (Å²) in [6.07, 6.45) is 1.58. The molecule has 0 spiro atoms. The summed E-state index contributed by atoms with van der Waals surface area (Å²) in [4.78, 5) is 50.0. The van der Waals surface area contributed by atoms with Crippen LogP contribution in [0.25, 0.3) is 16.0 Å². The zero-order valence-electron chi connectivity index (χ0n) is 24.6. The number of carbonyl (C=O) groups excluding carboxylic acids is 1. The van der Waals surface area contributed by atoms with E-state index in [9.17, 15) is 14.4 Å². The summed E-state index contributed by atoms with van der Waals surface area (Å²) in [6.45, 7) is 12.2. The van der Waals surface area contributed by atoms with Crippen LogP contribution in [0.4, 0.5) is 11.5 Å². The maximum absolute atomic E-state index is 13.3. The van der Waals surface area contributed by atoms with Crippen molar-refractivity contribution in [2.75, 3.05) is 31.1 Å². The molecule has 0 aliphatic carbocycles. The fourth-order valence-electron chi connectivity index (χ4n) is 5.34. The SMILES string of the molecule is [C-]#[N+]c1ccc(N2CCN(C(=O)c3ccc(-c4cccc(COc5ccc(Cn6oc(=O)[nH]c6=O)cc5)c4)c(C)c3)CC2)nc1. The third-order valence-corrected chi connectivity index (χ3v) is 7.75. The molecule has 3 heterocycles. The standard InChI is InChI=1S/C34H30N6O5/c1-23-18-27(32(41)39-16-14-38(15-17-39)31-13-9-28(35-2)20-36-31)8-12-30(23)26-5-3-4-25(19-26)22-44-29-10-6-24(7-11-29)21-40-33(42)37-34(43)45-40/h3-13,18-20H,14-17,21-22H2,1H3,(H,37,42,43). The lowest BCUT2D eigenvalue weighted by molar-refractivity contribution is 0.0746. The normalized spacial score (nSPS) is 13.0. The van der Waals surface area contributed by atoms with E-state index in [2.05, 4.69) is 25.8 Å². The van der Waals surface area contributed by atoms with Crippen LogP contribution in [-0.2, 0) is 13.2 Å². The Hall–Kier alpha value is -5.89. The maximum atomic E-state index is 13.3. The molecule has 11 heteroatoms. The Morgan fingerprint density at radius 2 is 1.78 bits per heavy atom. The predicted molar refractivity (Wildman–Crippen MR) is 169 cm³/mol. The van der Waals surface area contributed by atoms with Gasteiger partial charge in [-0.2, -0.15) is 0 Å². The summed E-state index contributed by atoms with van der Waals surface area (Å²) in [7, 11) is 0. The van der Waals surface area contributed by atoms with Crippen molar-refractivity contribution >= 4 is 17.4 Å². The Kier molecular flexibility index (Phi) is 8.28. The van der Waals surface area contributed by atoms with E-state index in [1.54, 1.807) is 24.4 Å². The van der Waals surface area contributed by atoms with Gasteiger partial charge in [-0.3, -0.25) is 9.78 Å². The van der Waals surface area contributed by atoms with Crippen LogP contribution in [0.15, 0.2) is 99.2 Å². The summed E-state index contributed by atoms with van der Waals surface area (Å²) >= 11 is 0. The van der Waals surface area contributed by atoms with Crippen molar-refractivity contribution in [1.29, 1.82) is 0 Å². The summed E-state index contributed by atoms with van der Waals surface area (Å²) in [5.41, 5.74) is 5.45. The van der Waals surface area contributed by atoms with Crippen molar-refractivity contribution in [3.05, 3.63) is 140 Å². The first kappa shape index (κ1) is 29.2. The Bertz CT molecular complexity index is 1980. The number of H-pyrrole nitrogens is 1. The Morgan fingerprint density at radius 1 is 0.978 bits per heavy atom. The Morgan fingerprint density at radius 3 is 2.44 bits per heavy atom. The van der Waals surface area contributed by atoms with Crippen molar-refractivity contribution in [1.82, 2.24) is 19.6 Å². The van der Waals surface area contributed by atoms with Gasteiger partial charge < -0.3 is 19.1 Å². The molecule has 2 aromatic heterocycles. The van der Waals surface area contributed by atoms with Gasteiger partial charge in [0.25, 0.3) is 5.91 Å². The molecule has 226 valence electrons. The molecule has 1 N–H and O–H groups in total. The van der Waals surface area contributed by atoms with Crippen molar-refractivity contribution in [3.8, 4) is 16.9 Å². The lowest BCUT2D eigenvalue weighted by atomic mass is 9.96. The number of benzene rings is 3. The molecule has 0 unspecified atom stereocenters. The van der Waals surface area contributed by atoms with Gasteiger partial charge in [0.15, 0.2) is 0 Å². The number of aromatic nitrogens is 3. The summed E-state index contributed by atoms with van der Waals surface area (Å²) in [5.74, 6) is 0.715. The van der Waals surface area contributed by atoms with Crippen molar-refractivity contribution in [3.63, 3.8) is 0 Å². The van der Waals surface area contributed by atoms with Gasteiger partial charge in [0.1, 0.15) is 18.2 Å². The van der Waals surface area contributed by atoms with E-state index < -0.39 is 11.4 Å².